The van der Waals surface area contributed by atoms with Crippen LogP contribution >= 0.6 is 11.6 Å². The number of rotatable bonds is 2. The minimum atomic E-state index is 0.112. The summed E-state index contributed by atoms with van der Waals surface area (Å²) in [5.74, 6) is 0.813. The van der Waals surface area contributed by atoms with E-state index in [0.29, 0.717) is 11.6 Å². The number of aliphatic hydroxyl groups is 1. The van der Waals surface area contributed by atoms with Crippen LogP contribution in [0.4, 0.5) is 0 Å². The van der Waals surface area contributed by atoms with Gasteiger partial charge in [0.2, 0.25) is 0 Å². The van der Waals surface area contributed by atoms with Crippen LogP contribution in [0.1, 0.15) is 5.82 Å². The Balaban J connectivity index is 2.83. The third-order valence-corrected chi connectivity index (χ3v) is 1.71. The van der Waals surface area contributed by atoms with Crippen molar-refractivity contribution >= 4 is 11.6 Å². The molecule has 1 aromatic rings. The van der Waals surface area contributed by atoms with Crippen LogP contribution < -0.4 is 0 Å². The first kappa shape index (κ1) is 7.57. The summed E-state index contributed by atoms with van der Waals surface area (Å²) >= 11 is 5.68. The third-order valence-electron chi connectivity index (χ3n) is 1.36. The maximum absolute atomic E-state index is 8.56. The highest BCUT2D eigenvalue weighted by molar-refractivity contribution is 6.29. The highest BCUT2D eigenvalue weighted by atomic mass is 35.5. The van der Waals surface area contributed by atoms with Gasteiger partial charge in [0.25, 0.3) is 0 Å². The van der Waals surface area contributed by atoms with Crippen molar-refractivity contribution in [3.8, 4) is 0 Å². The van der Waals surface area contributed by atoms with Crippen molar-refractivity contribution in [1.29, 1.82) is 0 Å². The molecule has 0 amide bonds. The van der Waals surface area contributed by atoms with Gasteiger partial charge in [0.1, 0.15) is 11.0 Å². The molecular weight excluding hydrogens is 152 g/mol. The molecule has 0 spiro atoms. The molecule has 1 heterocycles. The van der Waals surface area contributed by atoms with Crippen molar-refractivity contribution in [2.24, 2.45) is 7.05 Å². The fourth-order valence-electron chi connectivity index (χ4n) is 0.757. The lowest BCUT2D eigenvalue weighted by Gasteiger charge is -1.97. The van der Waals surface area contributed by atoms with Crippen LogP contribution in [-0.4, -0.2) is 21.3 Å². The summed E-state index contributed by atoms with van der Waals surface area (Å²) in [4.78, 5) is 3.98. The van der Waals surface area contributed by atoms with Gasteiger partial charge in [0, 0.05) is 13.5 Å². The number of hydrogen-bond donors (Lipinski definition) is 1. The number of aliphatic hydroxyl groups excluding tert-OH is 1. The molecule has 0 unspecified atom stereocenters. The molecule has 3 nitrogen and oxygen atoms in total. The predicted octanol–water partition coefficient (Wildman–Crippen LogP) is 0.608. The van der Waals surface area contributed by atoms with Crippen molar-refractivity contribution in [3.63, 3.8) is 0 Å². The summed E-state index contributed by atoms with van der Waals surface area (Å²) in [6, 6.07) is 0. The average Bonchev–Trinajstić information content (AvgIpc) is 2.20. The second-order valence-corrected chi connectivity index (χ2v) is 2.42. The summed E-state index contributed by atoms with van der Waals surface area (Å²) in [5.41, 5.74) is 0. The molecule has 56 valence electrons. The maximum atomic E-state index is 8.56. The molecular formula is C6H9ClN2O. The highest BCUT2D eigenvalue weighted by Crippen LogP contribution is 2.08. The van der Waals surface area contributed by atoms with Gasteiger partial charge in [0.15, 0.2) is 0 Å². The molecule has 1 aromatic heterocycles. The van der Waals surface area contributed by atoms with Gasteiger partial charge in [-0.05, 0) is 0 Å². The van der Waals surface area contributed by atoms with Gasteiger partial charge in [-0.1, -0.05) is 11.6 Å². The number of nitrogens with zero attached hydrogens (tertiary/aromatic N) is 2. The van der Waals surface area contributed by atoms with E-state index in [9.17, 15) is 0 Å². The van der Waals surface area contributed by atoms with E-state index < -0.39 is 0 Å². The Morgan fingerprint density at radius 3 is 2.90 bits per heavy atom. The average molecular weight is 161 g/mol. The van der Waals surface area contributed by atoms with E-state index in [4.69, 9.17) is 16.7 Å². The van der Waals surface area contributed by atoms with Crippen molar-refractivity contribution in [3.05, 3.63) is 17.2 Å². The van der Waals surface area contributed by atoms with Gasteiger partial charge >= 0.3 is 0 Å². The monoisotopic (exact) mass is 160 g/mol. The largest absolute Gasteiger partial charge is 0.396 e. The van der Waals surface area contributed by atoms with Gasteiger partial charge in [-0.15, -0.1) is 0 Å². The van der Waals surface area contributed by atoms with Crippen molar-refractivity contribution in [1.82, 2.24) is 9.55 Å². The van der Waals surface area contributed by atoms with E-state index in [1.54, 1.807) is 10.8 Å². The van der Waals surface area contributed by atoms with Crippen LogP contribution in [0.2, 0.25) is 5.15 Å². The van der Waals surface area contributed by atoms with Gasteiger partial charge in [-0.2, -0.15) is 0 Å². The summed E-state index contributed by atoms with van der Waals surface area (Å²) in [7, 11) is 1.82. The van der Waals surface area contributed by atoms with E-state index in [1.807, 2.05) is 7.05 Å². The Morgan fingerprint density at radius 2 is 2.50 bits per heavy atom. The first-order valence-corrected chi connectivity index (χ1v) is 3.40. The van der Waals surface area contributed by atoms with Crippen LogP contribution in [0, 0.1) is 0 Å². The molecule has 1 rings (SSSR count). The maximum Gasteiger partial charge on any atom is 0.128 e. The quantitative estimate of drug-likeness (QED) is 0.689. The lowest BCUT2D eigenvalue weighted by molar-refractivity contribution is 0.295. The number of halogens is 1. The number of aromatic nitrogens is 2. The molecule has 4 heteroatoms. The van der Waals surface area contributed by atoms with Crippen molar-refractivity contribution in [2.75, 3.05) is 6.61 Å². The second-order valence-electron chi connectivity index (χ2n) is 2.03. The Bertz CT molecular complexity index is 222. The van der Waals surface area contributed by atoms with E-state index >= 15 is 0 Å². The summed E-state index contributed by atoms with van der Waals surface area (Å²) in [6.45, 7) is 0.112. The Kier molecular flexibility index (Phi) is 2.29. The van der Waals surface area contributed by atoms with Crippen LogP contribution in [0.25, 0.3) is 0 Å². The molecule has 0 atom stereocenters. The zero-order valence-corrected chi connectivity index (χ0v) is 6.47. The normalized spacial score (nSPS) is 10.3. The number of hydrogen-bond acceptors (Lipinski definition) is 2. The minimum Gasteiger partial charge on any atom is -0.396 e. The van der Waals surface area contributed by atoms with E-state index in [1.165, 1.54) is 0 Å². The summed E-state index contributed by atoms with van der Waals surface area (Å²) < 4.78 is 1.75. The van der Waals surface area contributed by atoms with Crippen molar-refractivity contribution in [2.45, 2.75) is 6.42 Å². The molecule has 0 radical (unpaired) electrons. The molecule has 10 heavy (non-hydrogen) atoms. The van der Waals surface area contributed by atoms with Gasteiger partial charge < -0.3 is 9.67 Å². The molecule has 0 aliphatic heterocycles. The molecule has 0 fully saturated rings. The van der Waals surface area contributed by atoms with Gasteiger partial charge in [-0.3, -0.25) is 0 Å². The zero-order chi connectivity index (χ0) is 7.56. The Labute approximate surface area is 64.3 Å². The van der Waals surface area contributed by atoms with Crippen LogP contribution in [0.5, 0.6) is 0 Å². The van der Waals surface area contributed by atoms with Crippen molar-refractivity contribution < 1.29 is 5.11 Å². The molecule has 0 bridgehead atoms. The lowest BCUT2D eigenvalue weighted by atomic mass is 10.4. The highest BCUT2D eigenvalue weighted by Gasteiger charge is 2.01. The topological polar surface area (TPSA) is 38.0 Å². The lowest BCUT2D eigenvalue weighted by Crippen LogP contribution is -2.00. The Morgan fingerprint density at radius 1 is 1.80 bits per heavy atom. The zero-order valence-electron chi connectivity index (χ0n) is 5.71. The van der Waals surface area contributed by atoms with Crippen LogP contribution in [0.3, 0.4) is 0 Å². The fourth-order valence-corrected chi connectivity index (χ4v) is 0.903. The summed E-state index contributed by atoms with van der Waals surface area (Å²) in [5, 5.41) is 9.16. The first-order chi connectivity index (χ1) is 4.75. The predicted molar refractivity (Wildman–Crippen MR) is 39.0 cm³/mol. The van der Waals surface area contributed by atoms with E-state index in [-0.39, 0.29) is 6.61 Å². The minimum absolute atomic E-state index is 0.112. The number of imidazole rings is 1. The molecule has 0 aliphatic carbocycles. The SMILES string of the molecule is Cn1c(Cl)cnc1CCO. The Hall–Kier alpha value is -0.540. The summed E-state index contributed by atoms with van der Waals surface area (Å²) in [6.07, 6.45) is 2.13. The fraction of sp³-hybridized carbons (Fsp3) is 0.500. The molecule has 0 saturated heterocycles. The molecule has 0 aliphatic rings. The second kappa shape index (κ2) is 3.03. The van der Waals surface area contributed by atoms with Gasteiger partial charge in [-0.25, -0.2) is 4.98 Å². The first-order valence-electron chi connectivity index (χ1n) is 3.02. The third kappa shape index (κ3) is 1.30. The molecule has 0 saturated carbocycles. The standard InChI is InChI=1S/C6H9ClN2O/c1-9-5(7)4-8-6(9)2-3-10/h4,10H,2-3H2,1H3. The molecule has 1 N–H and O–H groups in total. The van der Waals surface area contributed by atoms with Crippen LogP contribution in [-0.2, 0) is 13.5 Å². The van der Waals surface area contributed by atoms with Crippen LogP contribution in [0.15, 0.2) is 6.20 Å². The molecule has 0 aromatic carbocycles. The smallest absolute Gasteiger partial charge is 0.128 e. The van der Waals surface area contributed by atoms with E-state index in [2.05, 4.69) is 4.98 Å². The van der Waals surface area contributed by atoms with E-state index in [0.717, 1.165) is 5.82 Å². The van der Waals surface area contributed by atoms with Gasteiger partial charge in [0.05, 0.1) is 12.8 Å².